The van der Waals surface area contributed by atoms with Crippen LogP contribution < -0.4 is 5.32 Å². The number of aromatic hydroxyl groups is 1. The number of nitrogens with one attached hydrogen (secondary N) is 1. The Morgan fingerprint density at radius 3 is 2.65 bits per heavy atom. The fourth-order valence-electron chi connectivity index (χ4n) is 4.52. The molecule has 4 atom stereocenters. The Morgan fingerprint density at radius 1 is 1.23 bits per heavy atom. The van der Waals surface area contributed by atoms with Crippen LogP contribution in [0.5, 0.6) is 5.75 Å². The lowest BCUT2D eigenvalue weighted by molar-refractivity contribution is -0.148. The summed E-state index contributed by atoms with van der Waals surface area (Å²) in [5.74, 6) is -1.43. The number of phenolic OH excluding ortho intramolecular Hbond substituents is 1. The fraction of sp³-hybridized carbons (Fsp3) is 0.310. The van der Waals surface area contributed by atoms with Gasteiger partial charge >= 0.3 is 0 Å². The lowest BCUT2D eigenvalue weighted by atomic mass is 9.98. The zero-order chi connectivity index (χ0) is 28.8. The third kappa shape index (κ3) is 6.55. The van der Waals surface area contributed by atoms with Crippen LogP contribution in [0.2, 0.25) is 0 Å². The molecule has 2 heterocycles. The minimum Gasteiger partial charge on any atom is -0.508 e. The molecule has 1 fully saturated rings. The van der Waals surface area contributed by atoms with Crippen LogP contribution >= 0.6 is 23.1 Å². The molecule has 0 bridgehead atoms. The highest BCUT2D eigenvalue weighted by Gasteiger charge is 2.41. The van der Waals surface area contributed by atoms with Gasteiger partial charge in [0.15, 0.2) is 6.10 Å². The van der Waals surface area contributed by atoms with E-state index in [0.29, 0.717) is 12.1 Å². The number of benzene rings is 2. The normalized spacial score (nSPS) is 19.0. The summed E-state index contributed by atoms with van der Waals surface area (Å²) < 4.78 is 0. The van der Waals surface area contributed by atoms with Gasteiger partial charge in [-0.2, -0.15) is 0 Å². The minimum absolute atomic E-state index is 0.0331. The largest absolute Gasteiger partial charge is 0.508 e. The predicted octanol–water partition coefficient (Wildman–Crippen LogP) is 3.32. The van der Waals surface area contributed by atoms with Gasteiger partial charge in [-0.05, 0) is 38.0 Å². The second kappa shape index (κ2) is 13.1. The van der Waals surface area contributed by atoms with E-state index in [4.69, 9.17) is 0 Å². The zero-order valence-electron chi connectivity index (χ0n) is 22.3. The molecular weight excluding hydrogens is 548 g/mol. The van der Waals surface area contributed by atoms with E-state index in [1.165, 1.54) is 40.1 Å². The predicted molar refractivity (Wildman–Crippen MR) is 156 cm³/mol. The van der Waals surface area contributed by atoms with E-state index in [-0.39, 0.29) is 34.9 Å². The first-order valence-corrected chi connectivity index (χ1v) is 14.7. The van der Waals surface area contributed by atoms with Gasteiger partial charge in [0.25, 0.3) is 17.7 Å². The van der Waals surface area contributed by atoms with E-state index in [2.05, 4.69) is 16.9 Å². The summed E-state index contributed by atoms with van der Waals surface area (Å²) in [5, 5.41) is 26.6. The van der Waals surface area contributed by atoms with Gasteiger partial charge in [-0.15, -0.1) is 29.7 Å². The molecular formula is C29H32N4O5S2. The van der Waals surface area contributed by atoms with Crippen molar-refractivity contribution in [1.82, 2.24) is 20.1 Å². The number of phenols is 1. The smallest absolute Gasteiger partial charge is 0.255 e. The average molecular weight is 581 g/mol. The van der Waals surface area contributed by atoms with Gasteiger partial charge < -0.3 is 25.3 Å². The minimum atomic E-state index is -1.65. The van der Waals surface area contributed by atoms with Crippen LogP contribution in [0.4, 0.5) is 0 Å². The molecule has 1 unspecified atom stereocenters. The number of hydrogen-bond donors (Lipinski definition) is 3. The number of aliphatic hydroxyl groups is 1. The molecule has 1 aliphatic rings. The maximum atomic E-state index is 13.8. The Kier molecular flexibility index (Phi) is 9.62. The second-order valence-corrected chi connectivity index (χ2v) is 11.7. The Balaban J connectivity index is 1.59. The first-order chi connectivity index (χ1) is 19.2. The van der Waals surface area contributed by atoms with Crippen molar-refractivity contribution < 1.29 is 24.6 Å². The third-order valence-electron chi connectivity index (χ3n) is 6.86. The molecule has 4 rings (SSSR count). The molecule has 40 heavy (non-hydrogen) atoms. The van der Waals surface area contributed by atoms with Crippen LogP contribution in [0.15, 0.2) is 72.8 Å². The molecule has 3 N–H and O–H groups in total. The molecule has 2 aromatic carbocycles. The van der Waals surface area contributed by atoms with E-state index in [1.54, 1.807) is 30.2 Å². The molecule has 3 amide bonds. The number of aliphatic hydroxyl groups excluding tert-OH is 1. The maximum absolute atomic E-state index is 13.8. The van der Waals surface area contributed by atoms with Crippen molar-refractivity contribution in [3.8, 4) is 5.75 Å². The molecule has 0 aliphatic carbocycles. The molecule has 1 aliphatic heterocycles. The summed E-state index contributed by atoms with van der Waals surface area (Å²) in [6.07, 6.45) is 1.59. The summed E-state index contributed by atoms with van der Waals surface area (Å²) in [6, 6.07) is 11.8. The monoisotopic (exact) mass is 580 g/mol. The molecule has 1 saturated heterocycles. The molecule has 0 spiro atoms. The van der Waals surface area contributed by atoms with Crippen LogP contribution in [-0.2, 0) is 22.6 Å². The highest BCUT2D eigenvalue weighted by atomic mass is 32.2. The summed E-state index contributed by atoms with van der Waals surface area (Å²) in [6.45, 7) is 7.61. The van der Waals surface area contributed by atoms with Crippen molar-refractivity contribution in [2.45, 2.75) is 50.4 Å². The number of nitrogens with zero attached hydrogens (tertiary/aromatic N) is 3. The van der Waals surface area contributed by atoms with Crippen molar-refractivity contribution in [2.75, 3.05) is 5.88 Å². The number of amides is 3. The number of rotatable bonds is 9. The second-order valence-electron chi connectivity index (χ2n) is 9.44. The number of aromatic nitrogens is 1. The third-order valence-corrected chi connectivity index (χ3v) is 8.79. The lowest BCUT2D eigenvalue weighted by Crippen LogP contribution is -2.56. The maximum Gasteiger partial charge on any atom is 0.255 e. The van der Waals surface area contributed by atoms with Gasteiger partial charge in [0, 0.05) is 22.7 Å². The van der Waals surface area contributed by atoms with E-state index < -0.39 is 30.0 Å². The number of thiazole rings is 1. The van der Waals surface area contributed by atoms with Crippen LogP contribution in [0.25, 0.3) is 0 Å². The highest BCUT2D eigenvalue weighted by molar-refractivity contribution is 7.99. The summed E-state index contributed by atoms with van der Waals surface area (Å²) in [4.78, 5) is 47.9. The topological polar surface area (TPSA) is 123 Å². The molecule has 210 valence electrons. The van der Waals surface area contributed by atoms with Crippen LogP contribution in [-0.4, -0.2) is 72.2 Å². The van der Waals surface area contributed by atoms with Crippen LogP contribution in [0.1, 0.15) is 33.4 Å². The van der Waals surface area contributed by atoms with Gasteiger partial charge in [-0.25, -0.2) is 4.98 Å². The lowest BCUT2D eigenvalue weighted by Gasteiger charge is -2.32. The van der Waals surface area contributed by atoms with E-state index in [0.717, 1.165) is 10.6 Å². The van der Waals surface area contributed by atoms with Crippen molar-refractivity contribution in [2.24, 2.45) is 0 Å². The van der Waals surface area contributed by atoms with Crippen LogP contribution in [0.3, 0.4) is 0 Å². The van der Waals surface area contributed by atoms with Gasteiger partial charge in [0.1, 0.15) is 16.8 Å². The zero-order valence-corrected chi connectivity index (χ0v) is 23.9. The van der Waals surface area contributed by atoms with Crippen molar-refractivity contribution >= 4 is 40.8 Å². The van der Waals surface area contributed by atoms with Gasteiger partial charge in [-0.1, -0.05) is 42.5 Å². The summed E-state index contributed by atoms with van der Waals surface area (Å²) >= 11 is 2.83. The summed E-state index contributed by atoms with van der Waals surface area (Å²) in [5.41, 5.74) is 1.42. The molecule has 3 aromatic rings. The van der Waals surface area contributed by atoms with Gasteiger partial charge in [0.2, 0.25) is 0 Å². The molecule has 9 nitrogen and oxygen atoms in total. The standard InChI is InChI=1S/C29H32N4O5S2/c1-4-23-28(37)32(16-25-30-13-14-39-25)19(3)40-17-33(23)29(38)26(35)22(15-20-9-6-5-7-10-20)31-27(36)21-11-8-12-24(34)18(21)2/h4-14,19,22-23,26,34-35H,1,15-17H2,2-3H3,(H,31,36)/t19?,22-,23-,26-/m0/s1. The Labute approximate surface area is 241 Å². The van der Waals surface area contributed by atoms with Gasteiger partial charge in [0.05, 0.1) is 23.8 Å². The van der Waals surface area contributed by atoms with Crippen molar-refractivity contribution in [1.29, 1.82) is 0 Å². The highest BCUT2D eigenvalue weighted by Crippen LogP contribution is 2.28. The number of carbonyl (C=O) groups excluding carboxylic acids is 3. The van der Waals surface area contributed by atoms with Crippen molar-refractivity contribution in [3.63, 3.8) is 0 Å². The Bertz CT molecular complexity index is 1350. The average Bonchev–Trinajstić information content (AvgIpc) is 3.44. The first kappa shape index (κ1) is 29.3. The molecule has 0 saturated carbocycles. The van der Waals surface area contributed by atoms with Gasteiger partial charge in [-0.3, -0.25) is 14.4 Å². The van der Waals surface area contributed by atoms with E-state index in [9.17, 15) is 24.6 Å². The fourth-order valence-corrected chi connectivity index (χ4v) is 6.16. The molecule has 1 aromatic heterocycles. The van der Waals surface area contributed by atoms with Crippen LogP contribution in [0, 0.1) is 6.92 Å². The summed E-state index contributed by atoms with van der Waals surface area (Å²) in [7, 11) is 0. The van der Waals surface area contributed by atoms with Crippen molar-refractivity contribution in [3.05, 3.63) is 94.5 Å². The van der Waals surface area contributed by atoms with E-state index in [1.807, 2.05) is 42.6 Å². The molecule has 0 radical (unpaired) electrons. The Morgan fingerprint density at radius 2 is 1.98 bits per heavy atom. The first-order valence-electron chi connectivity index (χ1n) is 12.8. The van der Waals surface area contributed by atoms with E-state index >= 15 is 0 Å². The number of hydrogen-bond acceptors (Lipinski definition) is 8. The Hall–Kier alpha value is -3.67. The quantitative estimate of drug-likeness (QED) is 0.332. The molecule has 11 heteroatoms. The number of thioether (sulfide) groups is 1. The SMILES string of the molecule is C=C[C@H]1C(=O)N(Cc2nccs2)C(C)SCN1C(=O)[C@@H](O)[C@H](Cc1ccccc1)NC(=O)c1cccc(O)c1C. The number of carbonyl (C=O) groups is 3.